The van der Waals surface area contributed by atoms with Gasteiger partial charge in [0.25, 0.3) is 0 Å². The molecule has 0 amide bonds. The maximum Gasteiger partial charge on any atom is 0.523 e. The van der Waals surface area contributed by atoms with Crippen LogP contribution < -0.4 is 0 Å². The second-order valence-electron chi connectivity index (χ2n) is 5.53. The zero-order valence-corrected chi connectivity index (χ0v) is 12.5. The molecule has 2 atom stereocenters. The first-order chi connectivity index (χ1) is 8.84. The SMILES string of the molecule is CC(C)C[C@H]1OC(C)(C)O[C@H]1COS(=O)(=O)C(F)(F)F. The fourth-order valence-electron chi connectivity index (χ4n) is 1.94. The summed E-state index contributed by atoms with van der Waals surface area (Å²) in [6, 6.07) is 0. The molecule has 1 saturated heterocycles. The van der Waals surface area contributed by atoms with Crippen LogP contribution in [0.4, 0.5) is 13.2 Å². The van der Waals surface area contributed by atoms with Crippen LogP contribution in [0.15, 0.2) is 0 Å². The lowest BCUT2D eigenvalue weighted by Crippen LogP contribution is -2.33. The molecule has 1 aliphatic heterocycles. The summed E-state index contributed by atoms with van der Waals surface area (Å²) in [6.07, 6.45) is -0.832. The van der Waals surface area contributed by atoms with Gasteiger partial charge in [-0.1, -0.05) is 13.8 Å². The van der Waals surface area contributed by atoms with Crippen molar-refractivity contribution in [1.29, 1.82) is 0 Å². The van der Waals surface area contributed by atoms with Gasteiger partial charge in [-0.2, -0.15) is 21.6 Å². The first kappa shape index (κ1) is 17.7. The lowest BCUT2D eigenvalue weighted by Gasteiger charge is -2.18. The maximum atomic E-state index is 12.2. The number of ether oxygens (including phenoxy) is 2. The van der Waals surface area contributed by atoms with Gasteiger partial charge in [-0.05, 0) is 26.2 Å². The summed E-state index contributed by atoms with van der Waals surface area (Å²) in [5.41, 5.74) is -5.43. The topological polar surface area (TPSA) is 61.8 Å². The Kier molecular flexibility index (Phi) is 5.11. The quantitative estimate of drug-likeness (QED) is 0.575. The Labute approximate surface area is 116 Å². The molecule has 20 heavy (non-hydrogen) atoms. The van der Waals surface area contributed by atoms with E-state index in [9.17, 15) is 21.6 Å². The van der Waals surface area contributed by atoms with Crippen molar-refractivity contribution in [2.45, 2.75) is 57.6 Å². The van der Waals surface area contributed by atoms with E-state index in [1.54, 1.807) is 13.8 Å². The molecule has 0 bridgehead atoms. The molecular formula is C11H19F3O5S. The third-order valence-electron chi connectivity index (χ3n) is 2.66. The van der Waals surface area contributed by atoms with E-state index in [1.165, 1.54) is 0 Å². The molecule has 0 spiro atoms. The highest BCUT2D eigenvalue weighted by Gasteiger charge is 2.49. The van der Waals surface area contributed by atoms with Gasteiger partial charge < -0.3 is 9.47 Å². The molecular weight excluding hydrogens is 301 g/mol. The largest absolute Gasteiger partial charge is 0.523 e. The number of rotatable bonds is 5. The predicted molar refractivity (Wildman–Crippen MR) is 64.2 cm³/mol. The molecule has 0 aromatic heterocycles. The van der Waals surface area contributed by atoms with Crippen molar-refractivity contribution in [2.75, 3.05) is 6.61 Å². The number of alkyl halides is 3. The molecule has 0 N–H and O–H groups in total. The van der Waals surface area contributed by atoms with Crippen molar-refractivity contribution in [2.24, 2.45) is 5.92 Å². The molecule has 0 saturated carbocycles. The van der Waals surface area contributed by atoms with Gasteiger partial charge in [-0.3, -0.25) is 4.18 Å². The van der Waals surface area contributed by atoms with Crippen LogP contribution in [0.2, 0.25) is 0 Å². The van der Waals surface area contributed by atoms with Crippen LogP contribution in [0, 0.1) is 5.92 Å². The fraction of sp³-hybridized carbons (Fsp3) is 1.00. The Balaban J connectivity index is 2.70. The number of halogens is 3. The number of hydrogen-bond donors (Lipinski definition) is 0. The smallest absolute Gasteiger partial charge is 0.344 e. The van der Waals surface area contributed by atoms with E-state index in [2.05, 4.69) is 4.18 Å². The fourth-order valence-corrected chi connectivity index (χ4v) is 2.38. The minimum atomic E-state index is -5.61. The molecule has 0 radical (unpaired) electrons. The standard InChI is InChI=1S/C11H19F3O5S/c1-7(2)5-8-9(19-10(3,4)18-8)6-17-20(15,16)11(12,13)14/h7-9H,5-6H2,1-4H3/t8-,9+/m1/s1. The van der Waals surface area contributed by atoms with E-state index in [-0.39, 0.29) is 5.92 Å². The highest BCUT2D eigenvalue weighted by molar-refractivity contribution is 7.87. The molecule has 1 heterocycles. The molecule has 1 aliphatic rings. The Morgan fingerprint density at radius 2 is 1.70 bits per heavy atom. The van der Waals surface area contributed by atoms with E-state index >= 15 is 0 Å². The van der Waals surface area contributed by atoms with Gasteiger partial charge in [-0.25, -0.2) is 0 Å². The monoisotopic (exact) mass is 320 g/mol. The van der Waals surface area contributed by atoms with Crippen molar-refractivity contribution in [3.8, 4) is 0 Å². The Bertz CT molecular complexity index is 430. The third kappa shape index (κ3) is 4.57. The first-order valence-corrected chi connectivity index (χ1v) is 7.56. The van der Waals surface area contributed by atoms with Gasteiger partial charge in [0.2, 0.25) is 0 Å². The minimum absolute atomic E-state index is 0.222. The Hall–Kier alpha value is -0.380. The molecule has 120 valence electrons. The second kappa shape index (κ2) is 5.78. The van der Waals surface area contributed by atoms with Crippen LogP contribution in [0.3, 0.4) is 0 Å². The van der Waals surface area contributed by atoms with Crippen molar-refractivity contribution in [3.05, 3.63) is 0 Å². The van der Waals surface area contributed by atoms with E-state index < -0.39 is 40.2 Å². The molecule has 1 fully saturated rings. The summed E-state index contributed by atoms with van der Waals surface area (Å²) >= 11 is 0. The zero-order valence-electron chi connectivity index (χ0n) is 11.7. The summed E-state index contributed by atoms with van der Waals surface area (Å²) in [7, 11) is -5.61. The van der Waals surface area contributed by atoms with Crippen LogP contribution in [-0.4, -0.2) is 38.5 Å². The lowest BCUT2D eigenvalue weighted by molar-refractivity contribution is -0.149. The Morgan fingerprint density at radius 1 is 1.20 bits per heavy atom. The normalized spacial score (nSPS) is 27.2. The van der Waals surface area contributed by atoms with Gasteiger partial charge in [-0.15, -0.1) is 0 Å². The van der Waals surface area contributed by atoms with E-state index in [4.69, 9.17) is 9.47 Å². The van der Waals surface area contributed by atoms with Gasteiger partial charge in [0, 0.05) is 0 Å². The Morgan fingerprint density at radius 3 is 2.15 bits per heavy atom. The van der Waals surface area contributed by atoms with Crippen LogP contribution in [0.1, 0.15) is 34.1 Å². The molecule has 0 aliphatic carbocycles. The second-order valence-corrected chi connectivity index (χ2v) is 7.13. The summed E-state index contributed by atoms with van der Waals surface area (Å²) < 4.78 is 73.2. The highest BCUT2D eigenvalue weighted by Crippen LogP contribution is 2.33. The minimum Gasteiger partial charge on any atom is -0.344 e. The van der Waals surface area contributed by atoms with Crippen LogP contribution in [0.5, 0.6) is 0 Å². The van der Waals surface area contributed by atoms with Crippen LogP contribution in [0.25, 0.3) is 0 Å². The van der Waals surface area contributed by atoms with Crippen molar-refractivity contribution in [3.63, 3.8) is 0 Å². The van der Waals surface area contributed by atoms with Gasteiger partial charge in [0.15, 0.2) is 5.79 Å². The molecule has 9 heteroatoms. The van der Waals surface area contributed by atoms with Gasteiger partial charge in [0.1, 0.15) is 6.10 Å². The molecule has 0 aromatic rings. The van der Waals surface area contributed by atoms with Crippen LogP contribution >= 0.6 is 0 Å². The molecule has 0 aromatic carbocycles. The zero-order chi connectivity index (χ0) is 15.8. The third-order valence-corrected chi connectivity index (χ3v) is 3.67. The van der Waals surface area contributed by atoms with E-state index in [0.717, 1.165) is 0 Å². The van der Waals surface area contributed by atoms with E-state index in [1.807, 2.05) is 13.8 Å². The maximum absolute atomic E-state index is 12.2. The van der Waals surface area contributed by atoms with Gasteiger partial charge >= 0.3 is 15.6 Å². The van der Waals surface area contributed by atoms with Crippen molar-refractivity contribution < 1.29 is 35.2 Å². The first-order valence-electron chi connectivity index (χ1n) is 6.15. The van der Waals surface area contributed by atoms with Crippen LogP contribution in [-0.2, 0) is 23.8 Å². The van der Waals surface area contributed by atoms with Gasteiger partial charge in [0.05, 0.1) is 12.7 Å². The summed E-state index contributed by atoms with van der Waals surface area (Å²) in [4.78, 5) is 0. The van der Waals surface area contributed by atoms with Crippen molar-refractivity contribution >= 4 is 10.1 Å². The average molecular weight is 320 g/mol. The average Bonchev–Trinajstić information content (AvgIpc) is 2.47. The summed E-state index contributed by atoms with van der Waals surface area (Å²) in [5, 5.41) is 0. The highest BCUT2D eigenvalue weighted by atomic mass is 32.2. The molecule has 5 nitrogen and oxygen atoms in total. The van der Waals surface area contributed by atoms with Crippen molar-refractivity contribution in [1.82, 2.24) is 0 Å². The number of hydrogen-bond acceptors (Lipinski definition) is 5. The lowest BCUT2D eigenvalue weighted by atomic mass is 10.0. The molecule has 0 unspecified atom stereocenters. The van der Waals surface area contributed by atoms with E-state index in [0.29, 0.717) is 6.42 Å². The molecule has 1 rings (SSSR count). The summed E-state index contributed by atoms with van der Waals surface area (Å²) in [5.74, 6) is -0.755. The predicted octanol–water partition coefficient (Wildman–Crippen LogP) is 2.42. The summed E-state index contributed by atoms with van der Waals surface area (Å²) in [6.45, 7) is 6.33.